The Labute approximate surface area is 52.1 Å². The molecule has 0 aliphatic carbocycles. The van der Waals surface area contributed by atoms with E-state index in [-0.39, 0.29) is 0 Å². The van der Waals surface area contributed by atoms with Gasteiger partial charge in [0.1, 0.15) is 31.6 Å². The van der Waals surface area contributed by atoms with Gasteiger partial charge in [0.2, 0.25) is 0 Å². The van der Waals surface area contributed by atoms with Crippen LogP contribution < -0.4 is 0 Å². The first-order valence-electron chi connectivity index (χ1n) is 2.66. The Morgan fingerprint density at radius 3 is 2.44 bits per heavy atom. The molecule has 1 aliphatic rings. The first kappa shape index (κ1) is 6.92. The van der Waals surface area contributed by atoms with Gasteiger partial charge in [-0.1, -0.05) is 0 Å². The van der Waals surface area contributed by atoms with Gasteiger partial charge in [-0.05, 0) is 0 Å². The third-order valence-electron chi connectivity index (χ3n) is 1.28. The molecule has 0 aromatic heterocycles. The van der Waals surface area contributed by atoms with Gasteiger partial charge in [-0.2, -0.15) is 0 Å². The molecule has 0 aromatic carbocycles. The summed E-state index contributed by atoms with van der Waals surface area (Å²) >= 11 is 0. The molecular formula is C5H8FO3. The summed E-state index contributed by atoms with van der Waals surface area (Å²) in [5, 5.41) is 17.5. The monoisotopic (exact) mass is 135 g/mol. The minimum Gasteiger partial charge on any atom is -0.387 e. The fraction of sp³-hybridized carbons (Fsp3) is 0.800. The van der Waals surface area contributed by atoms with Gasteiger partial charge in [0.15, 0.2) is 0 Å². The van der Waals surface area contributed by atoms with Crippen LogP contribution in [0.15, 0.2) is 0 Å². The van der Waals surface area contributed by atoms with Crippen molar-refractivity contribution in [3.63, 3.8) is 0 Å². The number of ether oxygens (including phenoxy) is 1. The summed E-state index contributed by atoms with van der Waals surface area (Å²) in [6.45, 7) is 0.268. The molecule has 0 unspecified atom stereocenters. The number of rotatable bonds is 1. The van der Waals surface area contributed by atoms with E-state index in [1.165, 1.54) is 0 Å². The lowest BCUT2D eigenvalue weighted by Crippen LogP contribution is -2.30. The molecule has 0 amide bonds. The highest BCUT2D eigenvalue weighted by Gasteiger charge is 2.34. The molecule has 1 heterocycles. The molecular weight excluding hydrogens is 127 g/mol. The van der Waals surface area contributed by atoms with E-state index in [9.17, 15) is 4.39 Å². The number of alkyl halides is 1. The normalized spacial score (nSPS) is 43.7. The first-order chi connectivity index (χ1) is 4.25. The minimum absolute atomic E-state index is 0.769. The Kier molecular flexibility index (Phi) is 2.00. The van der Waals surface area contributed by atoms with Crippen LogP contribution in [-0.2, 0) is 4.74 Å². The van der Waals surface area contributed by atoms with E-state index in [0.717, 1.165) is 6.61 Å². The van der Waals surface area contributed by atoms with Crippen molar-refractivity contribution in [2.75, 3.05) is 6.67 Å². The van der Waals surface area contributed by atoms with Crippen LogP contribution in [0.25, 0.3) is 0 Å². The van der Waals surface area contributed by atoms with E-state index in [4.69, 9.17) is 10.2 Å². The lowest BCUT2D eigenvalue weighted by molar-refractivity contribution is 0.0130. The van der Waals surface area contributed by atoms with Crippen molar-refractivity contribution >= 4 is 0 Å². The summed E-state index contributed by atoms with van der Waals surface area (Å²) in [4.78, 5) is 0. The zero-order valence-corrected chi connectivity index (χ0v) is 4.70. The summed E-state index contributed by atoms with van der Waals surface area (Å²) < 4.78 is 16.2. The Bertz CT molecular complexity index is 98.2. The van der Waals surface area contributed by atoms with Crippen molar-refractivity contribution in [3.8, 4) is 0 Å². The minimum atomic E-state index is -1.10. The van der Waals surface area contributed by atoms with Crippen LogP contribution in [0.2, 0.25) is 0 Å². The number of aliphatic hydroxyl groups excluding tert-OH is 2. The highest BCUT2D eigenvalue weighted by Crippen LogP contribution is 2.17. The van der Waals surface area contributed by atoms with Gasteiger partial charge in [-0.3, -0.25) is 0 Å². The fourth-order valence-corrected chi connectivity index (χ4v) is 0.690. The van der Waals surface area contributed by atoms with E-state index in [2.05, 4.69) is 4.74 Å². The third-order valence-corrected chi connectivity index (χ3v) is 1.28. The van der Waals surface area contributed by atoms with E-state index in [0.29, 0.717) is 0 Å². The average molecular weight is 135 g/mol. The highest BCUT2D eigenvalue weighted by atomic mass is 19.1. The number of hydrogen-bond donors (Lipinski definition) is 2. The van der Waals surface area contributed by atoms with Crippen molar-refractivity contribution in [1.29, 1.82) is 0 Å². The zero-order chi connectivity index (χ0) is 6.85. The largest absolute Gasteiger partial charge is 0.387 e. The standard InChI is InChI=1S/C5H8FO3/c6-1-4-5(8)3(7)2-9-4/h2-5,7-8H,1H2/t3-,4+,5-/m0/s1. The maximum Gasteiger partial charge on any atom is 0.118 e. The molecule has 4 heteroatoms. The second-order valence-electron chi connectivity index (χ2n) is 1.95. The van der Waals surface area contributed by atoms with Gasteiger partial charge in [0.25, 0.3) is 0 Å². The Balaban J connectivity index is 2.41. The van der Waals surface area contributed by atoms with Crippen LogP contribution >= 0.6 is 0 Å². The van der Waals surface area contributed by atoms with Gasteiger partial charge in [0.05, 0.1) is 0 Å². The molecule has 1 rings (SSSR count). The topological polar surface area (TPSA) is 49.7 Å². The zero-order valence-electron chi connectivity index (χ0n) is 4.70. The second kappa shape index (κ2) is 2.60. The molecule has 1 saturated heterocycles. The van der Waals surface area contributed by atoms with Gasteiger partial charge >= 0.3 is 0 Å². The van der Waals surface area contributed by atoms with E-state index in [1.807, 2.05) is 0 Å². The van der Waals surface area contributed by atoms with Crippen LogP contribution in [0.1, 0.15) is 0 Å². The number of aliphatic hydroxyl groups is 2. The maximum atomic E-state index is 11.7. The maximum absolute atomic E-state index is 11.7. The molecule has 0 bridgehead atoms. The van der Waals surface area contributed by atoms with Crippen molar-refractivity contribution in [1.82, 2.24) is 0 Å². The van der Waals surface area contributed by atoms with Crippen LogP contribution in [0, 0.1) is 6.61 Å². The molecule has 2 N–H and O–H groups in total. The molecule has 9 heavy (non-hydrogen) atoms. The molecule has 1 fully saturated rings. The second-order valence-corrected chi connectivity index (χ2v) is 1.95. The van der Waals surface area contributed by atoms with E-state index in [1.54, 1.807) is 0 Å². The summed E-state index contributed by atoms with van der Waals surface area (Å²) in [5.41, 5.74) is 0. The molecule has 0 aromatic rings. The van der Waals surface area contributed by atoms with Crippen molar-refractivity contribution in [2.45, 2.75) is 18.3 Å². The van der Waals surface area contributed by atoms with Gasteiger partial charge in [-0.25, -0.2) is 4.39 Å². The first-order valence-corrected chi connectivity index (χ1v) is 2.66. The molecule has 1 radical (unpaired) electrons. The third kappa shape index (κ3) is 1.20. The van der Waals surface area contributed by atoms with Crippen molar-refractivity contribution in [3.05, 3.63) is 6.61 Å². The molecule has 3 nitrogen and oxygen atoms in total. The van der Waals surface area contributed by atoms with Crippen molar-refractivity contribution in [2.24, 2.45) is 0 Å². The summed E-state index contributed by atoms with van der Waals surface area (Å²) in [7, 11) is 0. The van der Waals surface area contributed by atoms with Gasteiger partial charge in [0, 0.05) is 0 Å². The summed E-state index contributed by atoms with van der Waals surface area (Å²) in [6, 6.07) is 0. The molecule has 0 saturated carbocycles. The highest BCUT2D eigenvalue weighted by molar-refractivity contribution is 4.89. The fourth-order valence-electron chi connectivity index (χ4n) is 0.690. The van der Waals surface area contributed by atoms with Crippen LogP contribution in [0.5, 0.6) is 0 Å². The Hall–Kier alpha value is -0.190. The molecule has 3 atom stereocenters. The predicted octanol–water partition coefficient (Wildman–Crippen LogP) is -0.762. The number of hydrogen-bond acceptors (Lipinski definition) is 3. The lowest BCUT2D eigenvalue weighted by Gasteiger charge is -2.08. The summed E-state index contributed by atoms with van der Waals surface area (Å²) in [5.74, 6) is 0. The summed E-state index contributed by atoms with van der Waals surface area (Å²) in [6.07, 6.45) is -3.01. The smallest absolute Gasteiger partial charge is 0.118 e. The molecule has 1 aliphatic heterocycles. The van der Waals surface area contributed by atoms with Gasteiger partial charge < -0.3 is 14.9 Å². The van der Waals surface area contributed by atoms with Crippen molar-refractivity contribution < 1.29 is 19.3 Å². The number of halogens is 1. The Morgan fingerprint density at radius 2 is 2.22 bits per heavy atom. The SMILES string of the molecule is O[C@H]1[C@@H](O)[CH]O[C@@H]1CF. The van der Waals surface area contributed by atoms with Crippen LogP contribution in [0.4, 0.5) is 4.39 Å². The quantitative estimate of drug-likeness (QED) is 0.496. The molecule has 0 spiro atoms. The average Bonchev–Trinajstić information content (AvgIpc) is 2.15. The van der Waals surface area contributed by atoms with E-state index < -0.39 is 25.0 Å². The van der Waals surface area contributed by atoms with Gasteiger partial charge in [-0.15, -0.1) is 0 Å². The predicted molar refractivity (Wildman–Crippen MR) is 27.2 cm³/mol. The van der Waals surface area contributed by atoms with Crippen LogP contribution in [-0.4, -0.2) is 35.2 Å². The van der Waals surface area contributed by atoms with E-state index >= 15 is 0 Å². The molecule has 53 valence electrons. The van der Waals surface area contributed by atoms with Crippen LogP contribution in [0.3, 0.4) is 0 Å². The lowest BCUT2D eigenvalue weighted by atomic mass is 10.2. The Morgan fingerprint density at radius 1 is 1.56 bits per heavy atom.